The molecule has 0 atom stereocenters. The van der Waals surface area contributed by atoms with Crippen LogP contribution in [0.1, 0.15) is 55.4 Å². The number of carbonyl (C=O) groups excluding carboxylic acids is 2. The van der Waals surface area contributed by atoms with Crippen LogP contribution in [-0.2, 0) is 9.59 Å². The molecule has 1 N–H and O–H groups in total. The third-order valence-corrected chi connectivity index (χ3v) is 4.87. The molecular formula is C17H30INO2. The number of halogens is 1. The smallest absolute Gasteiger partial charge is 0.161 e. The lowest BCUT2D eigenvalue weighted by Gasteiger charge is -2.41. The summed E-state index contributed by atoms with van der Waals surface area (Å²) in [7, 11) is 1.76. The molecule has 122 valence electrons. The maximum atomic E-state index is 12.8. The lowest BCUT2D eigenvalue weighted by atomic mass is 9.63. The van der Waals surface area contributed by atoms with Gasteiger partial charge in [-0.25, -0.2) is 0 Å². The van der Waals surface area contributed by atoms with Gasteiger partial charge in [-0.3, -0.25) is 9.59 Å². The number of carbonyl (C=O) groups is 2. The van der Waals surface area contributed by atoms with E-state index in [-0.39, 0.29) is 11.6 Å². The van der Waals surface area contributed by atoms with Gasteiger partial charge in [0.1, 0.15) is 0 Å². The Bertz CT molecular complexity index is 454. The van der Waals surface area contributed by atoms with Gasteiger partial charge in [-0.2, -0.15) is 0 Å². The maximum absolute atomic E-state index is 12.8. The number of allylic oxidation sites excluding steroid dienone is 1. The van der Waals surface area contributed by atoms with Gasteiger partial charge in [0.15, 0.2) is 11.6 Å². The molecule has 0 amide bonds. The Morgan fingerprint density at radius 3 is 1.48 bits per heavy atom. The van der Waals surface area contributed by atoms with Crippen molar-refractivity contribution >= 4 is 34.2 Å². The molecule has 0 aliphatic rings. The van der Waals surface area contributed by atoms with Crippen molar-refractivity contribution in [2.45, 2.75) is 64.4 Å². The SMILES string of the molecule is C=C(C(C)(C)C(=O)C(C)(C)I)C(C)(C)C(=O)C(C)(C)NC. The van der Waals surface area contributed by atoms with Crippen LogP contribution in [0.2, 0.25) is 0 Å². The number of hydrogen-bond acceptors (Lipinski definition) is 3. The van der Waals surface area contributed by atoms with Crippen molar-refractivity contribution in [3.05, 3.63) is 12.2 Å². The Balaban J connectivity index is 5.71. The summed E-state index contributed by atoms with van der Waals surface area (Å²) in [5.74, 6) is 0.123. The van der Waals surface area contributed by atoms with Crippen LogP contribution in [0.5, 0.6) is 0 Å². The van der Waals surface area contributed by atoms with Crippen molar-refractivity contribution in [3.63, 3.8) is 0 Å². The molecule has 21 heavy (non-hydrogen) atoms. The molecule has 0 aromatic carbocycles. The number of alkyl halides is 1. The van der Waals surface area contributed by atoms with Gasteiger partial charge in [-0.05, 0) is 62.4 Å². The van der Waals surface area contributed by atoms with E-state index in [0.717, 1.165) is 0 Å². The van der Waals surface area contributed by atoms with E-state index in [1.54, 1.807) is 7.05 Å². The van der Waals surface area contributed by atoms with Crippen molar-refractivity contribution in [2.24, 2.45) is 10.8 Å². The first-order valence-electron chi connectivity index (χ1n) is 7.20. The Hall–Kier alpha value is -0.230. The molecule has 0 radical (unpaired) electrons. The van der Waals surface area contributed by atoms with Crippen LogP contribution >= 0.6 is 22.6 Å². The normalized spacial score (nSPS) is 14.0. The predicted octanol–water partition coefficient (Wildman–Crippen LogP) is 3.94. The lowest BCUT2D eigenvalue weighted by molar-refractivity contribution is -0.132. The van der Waals surface area contributed by atoms with Gasteiger partial charge >= 0.3 is 0 Å². The molecule has 0 heterocycles. The zero-order valence-electron chi connectivity index (χ0n) is 14.9. The van der Waals surface area contributed by atoms with E-state index in [4.69, 9.17) is 0 Å². The van der Waals surface area contributed by atoms with Crippen molar-refractivity contribution in [2.75, 3.05) is 7.05 Å². The Labute approximate surface area is 143 Å². The van der Waals surface area contributed by atoms with E-state index in [1.165, 1.54) is 0 Å². The van der Waals surface area contributed by atoms with Crippen LogP contribution < -0.4 is 5.32 Å². The Morgan fingerprint density at radius 2 is 1.19 bits per heavy atom. The summed E-state index contributed by atoms with van der Waals surface area (Å²) in [5.41, 5.74) is -1.54. The number of likely N-dealkylation sites (N-methyl/N-ethyl adjacent to an activating group) is 1. The van der Waals surface area contributed by atoms with Gasteiger partial charge < -0.3 is 5.32 Å². The fourth-order valence-electron chi connectivity index (χ4n) is 2.69. The molecule has 0 bridgehead atoms. The zero-order valence-corrected chi connectivity index (χ0v) is 17.1. The van der Waals surface area contributed by atoms with Crippen molar-refractivity contribution in [3.8, 4) is 0 Å². The van der Waals surface area contributed by atoms with Gasteiger partial charge in [0.05, 0.1) is 8.96 Å². The van der Waals surface area contributed by atoms with Crippen molar-refractivity contribution in [1.82, 2.24) is 5.32 Å². The maximum Gasteiger partial charge on any atom is 0.161 e. The summed E-state index contributed by atoms with van der Waals surface area (Å²) in [4.78, 5) is 25.6. The average Bonchev–Trinajstić information content (AvgIpc) is 2.34. The summed E-state index contributed by atoms with van der Waals surface area (Å²) >= 11 is 2.14. The summed E-state index contributed by atoms with van der Waals surface area (Å²) in [5, 5.41) is 3.04. The molecule has 0 aliphatic carbocycles. The Morgan fingerprint density at radius 1 is 0.857 bits per heavy atom. The van der Waals surface area contributed by atoms with Gasteiger partial charge in [-0.15, -0.1) is 0 Å². The molecule has 4 heteroatoms. The topological polar surface area (TPSA) is 46.2 Å². The van der Waals surface area contributed by atoms with Gasteiger partial charge in [-0.1, -0.05) is 34.7 Å². The van der Waals surface area contributed by atoms with E-state index in [1.807, 2.05) is 55.4 Å². The van der Waals surface area contributed by atoms with E-state index >= 15 is 0 Å². The quantitative estimate of drug-likeness (QED) is 0.395. The second-order valence-corrected chi connectivity index (χ2v) is 10.4. The summed E-state index contributed by atoms with van der Waals surface area (Å²) in [6.07, 6.45) is 0. The van der Waals surface area contributed by atoms with Crippen LogP contribution in [0.15, 0.2) is 12.2 Å². The molecule has 0 aliphatic heterocycles. The van der Waals surface area contributed by atoms with Gasteiger partial charge in [0.25, 0.3) is 0 Å². The monoisotopic (exact) mass is 407 g/mol. The molecule has 3 nitrogen and oxygen atoms in total. The highest BCUT2D eigenvalue weighted by molar-refractivity contribution is 14.1. The predicted molar refractivity (Wildman–Crippen MR) is 98.0 cm³/mol. The summed E-state index contributed by atoms with van der Waals surface area (Å²) < 4.78 is -0.498. The zero-order chi connectivity index (χ0) is 17.4. The number of ketones is 2. The van der Waals surface area contributed by atoms with Gasteiger partial charge in [0, 0.05) is 10.8 Å². The molecule has 0 fully saturated rings. The van der Waals surface area contributed by atoms with E-state index < -0.39 is 19.8 Å². The molecule has 0 saturated heterocycles. The van der Waals surface area contributed by atoms with Crippen molar-refractivity contribution in [1.29, 1.82) is 0 Å². The van der Waals surface area contributed by atoms with Crippen LogP contribution in [0, 0.1) is 10.8 Å². The third kappa shape index (κ3) is 4.15. The van der Waals surface area contributed by atoms with Crippen LogP contribution in [0.3, 0.4) is 0 Å². The highest BCUT2D eigenvalue weighted by Gasteiger charge is 2.48. The van der Waals surface area contributed by atoms with Crippen LogP contribution in [0.25, 0.3) is 0 Å². The number of hydrogen-bond donors (Lipinski definition) is 1. The fraction of sp³-hybridized carbons (Fsp3) is 0.765. The highest BCUT2D eigenvalue weighted by Crippen LogP contribution is 2.44. The Kier molecular flexibility index (Phi) is 6.04. The second-order valence-electron chi connectivity index (χ2n) is 7.73. The van der Waals surface area contributed by atoms with Crippen LogP contribution in [-0.4, -0.2) is 27.6 Å². The molecule has 0 saturated carbocycles. The van der Waals surface area contributed by atoms with E-state index in [2.05, 4.69) is 34.5 Å². The minimum atomic E-state index is -0.784. The third-order valence-electron chi connectivity index (χ3n) is 4.38. The minimum absolute atomic E-state index is 0.0367. The lowest BCUT2D eigenvalue weighted by Crippen LogP contribution is -2.53. The first-order valence-corrected chi connectivity index (χ1v) is 8.28. The average molecular weight is 407 g/mol. The number of nitrogens with one attached hydrogen (secondary N) is 1. The van der Waals surface area contributed by atoms with E-state index in [9.17, 15) is 9.59 Å². The largest absolute Gasteiger partial charge is 0.308 e. The van der Waals surface area contributed by atoms with Gasteiger partial charge in [0.2, 0.25) is 0 Å². The fourth-order valence-corrected chi connectivity index (χ4v) is 3.37. The molecule has 0 spiro atoms. The number of rotatable bonds is 7. The number of Topliss-reactive ketones (excluding diaryl/α,β-unsaturated/α-hetero) is 2. The first-order chi connectivity index (χ1) is 9.02. The standard InChI is InChI=1S/C17H30INO2/c1-11(14(2,3)12(20)16(6,7)18)15(4,5)13(21)17(8,9)19-10/h19H,1H2,2-10H3. The van der Waals surface area contributed by atoms with Crippen LogP contribution in [0.4, 0.5) is 0 Å². The molecule has 0 rings (SSSR count). The van der Waals surface area contributed by atoms with E-state index in [0.29, 0.717) is 5.57 Å². The molecular weight excluding hydrogens is 377 g/mol. The molecule has 0 aromatic heterocycles. The second kappa shape index (κ2) is 6.11. The summed E-state index contributed by atoms with van der Waals surface area (Å²) in [6.45, 7) is 19.0. The minimum Gasteiger partial charge on any atom is -0.308 e. The van der Waals surface area contributed by atoms with Crippen molar-refractivity contribution < 1.29 is 9.59 Å². The highest BCUT2D eigenvalue weighted by atomic mass is 127. The molecule has 0 aromatic rings. The summed E-state index contributed by atoms with van der Waals surface area (Å²) in [6, 6.07) is 0. The first kappa shape index (κ1) is 20.8. The molecule has 0 unspecified atom stereocenters.